The van der Waals surface area contributed by atoms with Gasteiger partial charge in [0.2, 0.25) is 0 Å². The largest absolute Gasteiger partial charge is 0.491 e. The average Bonchev–Trinajstić information content (AvgIpc) is 2.66. The highest BCUT2D eigenvalue weighted by molar-refractivity contribution is 5.96. The van der Waals surface area contributed by atoms with Crippen molar-refractivity contribution in [1.29, 1.82) is 0 Å². The molecule has 27 heavy (non-hydrogen) atoms. The van der Waals surface area contributed by atoms with Crippen molar-refractivity contribution >= 4 is 22.3 Å². The summed E-state index contributed by atoms with van der Waals surface area (Å²) in [7, 11) is 0. The molecule has 1 unspecified atom stereocenters. The fourth-order valence-electron chi connectivity index (χ4n) is 2.51. The molecule has 1 heterocycles. The zero-order chi connectivity index (χ0) is 19.4. The van der Waals surface area contributed by atoms with Crippen LogP contribution in [0.15, 0.2) is 48.7 Å². The maximum absolute atomic E-state index is 13.1. The van der Waals surface area contributed by atoms with Gasteiger partial charge in [0, 0.05) is 24.9 Å². The van der Waals surface area contributed by atoms with E-state index in [1.54, 1.807) is 12.1 Å². The van der Waals surface area contributed by atoms with E-state index in [1.807, 2.05) is 0 Å². The summed E-state index contributed by atoms with van der Waals surface area (Å²) in [6.07, 6.45) is 0.548. The van der Waals surface area contributed by atoms with E-state index < -0.39 is 22.7 Å². The number of ether oxygens (including phenoxy) is 1. The lowest BCUT2D eigenvalue weighted by molar-refractivity contribution is -0.383. The summed E-state index contributed by atoms with van der Waals surface area (Å²) in [5.41, 5.74) is 0.856. The Labute approximate surface area is 152 Å². The van der Waals surface area contributed by atoms with Crippen molar-refractivity contribution in [1.82, 2.24) is 4.98 Å². The molecule has 0 spiro atoms. The molecule has 140 valence electrons. The van der Waals surface area contributed by atoms with Crippen LogP contribution in [0.25, 0.3) is 10.9 Å². The molecule has 1 atom stereocenters. The van der Waals surface area contributed by atoms with Crippen LogP contribution >= 0.6 is 0 Å². The van der Waals surface area contributed by atoms with Crippen molar-refractivity contribution in [2.45, 2.75) is 6.10 Å². The van der Waals surface area contributed by atoms with Crippen molar-refractivity contribution in [3.8, 4) is 5.75 Å². The molecule has 0 amide bonds. The molecule has 0 saturated heterocycles. The van der Waals surface area contributed by atoms with Gasteiger partial charge in [0.05, 0.1) is 16.0 Å². The third-order valence-corrected chi connectivity index (χ3v) is 3.80. The maximum Gasteiger partial charge on any atom is 0.278 e. The van der Waals surface area contributed by atoms with Gasteiger partial charge in [0.15, 0.2) is 11.6 Å². The van der Waals surface area contributed by atoms with Crippen LogP contribution in [0.1, 0.15) is 0 Å². The van der Waals surface area contributed by atoms with Crippen molar-refractivity contribution < 1.29 is 23.5 Å². The van der Waals surface area contributed by atoms with Crippen molar-refractivity contribution in [3.63, 3.8) is 0 Å². The topological polar surface area (TPSA) is 97.5 Å². The number of aliphatic hydroxyl groups is 1. The number of nitro benzene ring substituents is 1. The number of non-ortho nitro benzene ring substituents is 1. The number of nitro groups is 1. The van der Waals surface area contributed by atoms with Crippen LogP contribution < -0.4 is 10.1 Å². The summed E-state index contributed by atoms with van der Waals surface area (Å²) in [5.74, 6) is -1.93. The monoisotopic (exact) mass is 375 g/mol. The smallest absolute Gasteiger partial charge is 0.278 e. The minimum atomic E-state index is -1.04. The number of hydrogen-bond acceptors (Lipinski definition) is 6. The molecule has 3 rings (SSSR count). The number of aromatic nitrogens is 1. The maximum atomic E-state index is 13.1. The highest BCUT2D eigenvalue weighted by Gasteiger charge is 2.15. The minimum absolute atomic E-state index is 0.0627. The number of anilines is 1. The van der Waals surface area contributed by atoms with E-state index in [0.29, 0.717) is 16.6 Å². The van der Waals surface area contributed by atoms with Gasteiger partial charge in [-0.25, -0.2) is 8.78 Å². The summed E-state index contributed by atoms with van der Waals surface area (Å²) < 4.78 is 31.2. The highest BCUT2D eigenvalue weighted by Crippen LogP contribution is 2.29. The van der Waals surface area contributed by atoms with Crippen LogP contribution in [0.3, 0.4) is 0 Å². The Hall–Kier alpha value is -3.33. The standard InChI is InChI=1S/C18H15F2N3O4/c19-14-4-3-12(8-15(14)20)27-10-11(24)9-22-16-5-6-17(23(25)26)13-2-1-7-21-18(13)16/h1-8,11,22,24H,9-10H2. The van der Waals surface area contributed by atoms with Crippen LogP contribution in [-0.2, 0) is 0 Å². The number of pyridine rings is 1. The van der Waals surface area contributed by atoms with Gasteiger partial charge in [-0.3, -0.25) is 15.1 Å². The fraction of sp³-hybridized carbons (Fsp3) is 0.167. The van der Waals surface area contributed by atoms with E-state index in [1.165, 1.54) is 24.4 Å². The van der Waals surface area contributed by atoms with Crippen molar-refractivity contribution in [3.05, 3.63) is 70.4 Å². The Kier molecular flexibility index (Phi) is 5.41. The zero-order valence-corrected chi connectivity index (χ0v) is 13.9. The molecule has 0 fully saturated rings. The Balaban J connectivity index is 1.65. The third kappa shape index (κ3) is 4.26. The second kappa shape index (κ2) is 7.92. The second-order valence-electron chi connectivity index (χ2n) is 5.71. The molecule has 3 aromatic rings. The molecular weight excluding hydrogens is 360 g/mol. The van der Waals surface area contributed by atoms with Crippen LogP contribution in [0.5, 0.6) is 5.75 Å². The molecule has 0 saturated carbocycles. The molecule has 7 nitrogen and oxygen atoms in total. The summed E-state index contributed by atoms with van der Waals surface area (Å²) in [4.78, 5) is 14.8. The number of benzene rings is 2. The number of fused-ring (bicyclic) bond motifs is 1. The zero-order valence-electron chi connectivity index (χ0n) is 13.9. The molecule has 0 aliphatic carbocycles. The minimum Gasteiger partial charge on any atom is -0.491 e. The van der Waals surface area contributed by atoms with Gasteiger partial charge in [-0.05, 0) is 30.3 Å². The first-order valence-electron chi connectivity index (χ1n) is 7.97. The van der Waals surface area contributed by atoms with Crippen molar-refractivity contribution in [2.24, 2.45) is 0 Å². The first-order chi connectivity index (χ1) is 13.0. The van der Waals surface area contributed by atoms with E-state index in [2.05, 4.69) is 10.3 Å². The molecular formula is C18H15F2N3O4. The summed E-state index contributed by atoms with van der Waals surface area (Å²) in [6.45, 7) is -0.0937. The van der Waals surface area contributed by atoms with Gasteiger partial charge in [0.1, 0.15) is 24.0 Å². The summed E-state index contributed by atoms with van der Waals surface area (Å²) in [6, 6.07) is 9.14. The Morgan fingerprint density at radius 2 is 2.04 bits per heavy atom. The van der Waals surface area contributed by atoms with Gasteiger partial charge < -0.3 is 15.2 Å². The van der Waals surface area contributed by atoms with E-state index >= 15 is 0 Å². The van der Waals surface area contributed by atoms with Gasteiger partial charge in [-0.2, -0.15) is 0 Å². The summed E-state index contributed by atoms with van der Waals surface area (Å²) >= 11 is 0. The van der Waals surface area contributed by atoms with E-state index in [-0.39, 0.29) is 24.6 Å². The SMILES string of the molecule is O=[N+]([O-])c1ccc(NCC(O)COc2ccc(F)c(F)c2)c2ncccc12. The quantitative estimate of drug-likeness (QED) is 0.486. The number of nitrogens with one attached hydrogen (secondary N) is 1. The molecule has 0 bridgehead atoms. The van der Waals surface area contributed by atoms with Crippen LogP contribution in [0, 0.1) is 21.7 Å². The lowest BCUT2D eigenvalue weighted by Gasteiger charge is -2.15. The van der Waals surface area contributed by atoms with E-state index in [9.17, 15) is 24.0 Å². The first kappa shape index (κ1) is 18.5. The van der Waals surface area contributed by atoms with Gasteiger partial charge in [-0.1, -0.05) is 0 Å². The molecule has 0 aliphatic rings. The van der Waals surface area contributed by atoms with Crippen molar-refractivity contribution in [2.75, 3.05) is 18.5 Å². The lowest BCUT2D eigenvalue weighted by Crippen LogP contribution is -2.26. The van der Waals surface area contributed by atoms with E-state index in [0.717, 1.165) is 12.1 Å². The number of aliphatic hydroxyl groups excluding tert-OH is 1. The van der Waals surface area contributed by atoms with Crippen LogP contribution in [0.4, 0.5) is 20.2 Å². The number of nitrogens with zero attached hydrogens (tertiary/aromatic N) is 2. The first-order valence-corrected chi connectivity index (χ1v) is 7.97. The normalized spacial score (nSPS) is 12.0. The molecule has 2 N–H and O–H groups in total. The molecule has 0 radical (unpaired) electrons. The van der Waals surface area contributed by atoms with Gasteiger partial charge in [-0.15, -0.1) is 0 Å². The highest BCUT2D eigenvalue weighted by atomic mass is 19.2. The van der Waals surface area contributed by atoms with Crippen LogP contribution in [0.2, 0.25) is 0 Å². The van der Waals surface area contributed by atoms with Gasteiger partial charge in [0.25, 0.3) is 5.69 Å². The second-order valence-corrected chi connectivity index (χ2v) is 5.71. The third-order valence-electron chi connectivity index (χ3n) is 3.80. The summed E-state index contributed by atoms with van der Waals surface area (Å²) in [5, 5.41) is 24.5. The Morgan fingerprint density at radius 1 is 1.22 bits per heavy atom. The molecule has 0 aliphatic heterocycles. The Bertz CT molecular complexity index is 984. The molecule has 1 aromatic heterocycles. The number of halogens is 2. The Morgan fingerprint density at radius 3 is 2.78 bits per heavy atom. The fourth-order valence-corrected chi connectivity index (χ4v) is 2.51. The predicted molar refractivity (Wildman–Crippen MR) is 94.7 cm³/mol. The molecule has 2 aromatic carbocycles. The number of hydrogen-bond donors (Lipinski definition) is 2. The number of rotatable bonds is 7. The van der Waals surface area contributed by atoms with E-state index in [4.69, 9.17) is 4.74 Å². The lowest BCUT2D eigenvalue weighted by atomic mass is 10.1. The van der Waals surface area contributed by atoms with Gasteiger partial charge >= 0.3 is 0 Å². The predicted octanol–water partition coefficient (Wildman–Crippen LogP) is 3.27. The average molecular weight is 375 g/mol. The molecule has 9 heteroatoms. The van der Waals surface area contributed by atoms with Crippen LogP contribution in [-0.4, -0.2) is 34.3 Å².